The van der Waals surface area contributed by atoms with Crippen LogP contribution < -0.4 is 5.56 Å². The lowest BCUT2D eigenvalue weighted by Gasteiger charge is -2.01. The molecule has 0 unspecified atom stereocenters. The number of hydrogen-bond donors (Lipinski definition) is 1. The van der Waals surface area contributed by atoms with Crippen LogP contribution in [-0.4, -0.2) is 16.0 Å². The van der Waals surface area contributed by atoms with Gasteiger partial charge in [0, 0.05) is 5.39 Å². The molecule has 1 heterocycles. The maximum atomic E-state index is 13.2. The molecule has 0 amide bonds. The summed E-state index contributed by atoms with van der Waals surface area (Å²) in [6, 6.07) is 32.6. The fraction of sp³-hybridized carbons (Fsp3) is 0. The quantitative estimate of drug-likeness (QED) is 0.258. The highest BCUT2D eigenvalue weighted by molar-refractivity contribution is 5.95. The SMILES string of the molecule is O=c1c(N=Nc2ccccc2)c(C=Nc2cccc3ccccc23)[nH]n1-c1ccccc1. The lowest BCUT2D eigenvalue weighted by molar-refractivity contribution is 0.846. The van der Waals surface area contributed by atoms with E-state index in [0.717, 1.165) is 16.5 Å². The molecule has 0 spiro atoms. The average Bonchev–Trinajstić information content (AvgIpc) is 3.17. The molecule has 6 nitrogen and oxygen atoms in total. The van der Waals surface area contributed by atoms with Crippen LogP contribution in [0.25, 0.3) is 16.5 Å². The van der Waals surface area contributed by atoms with Gasteiger partial charge in [-0.15, -0.1) is 5.11 Å². The number of nitrogens with zero attached hydrogens (tertiary/aromatic N) is 4. The highest BCUT2D eigenvalue weighted by Gasteiger charge is 2.14. The molecule has 5 aromatic rings. The summed E-state index contributed by atoms with van der Waals surface area (Å²) in [5, 5.41) is 13.8. The largest absolute Gasteiger partial charge is 0.299 e. The Labute approximate surface area is 184 Å². The summed E-state index contributed by atoms with van der Waals surface area (Å²) in [5.41, 5.74) is 2.56. The summed E-state index contributed by atoms with van der Waals surface area (Å²) in [5.74, 6) is 0. The minimum absolute atomic E-state index is 0.196. The number of para-hydroxylation sites is 1. The summed E-state index contributed by atoms with van der Waals surface area (Å²) < 4.78 is 1.45. The van der Waals surface area contributed by atoms with Crippen molar-refractivity contribution in [1.29, 1.82) is 0 Å². The molecule has 0 atom stereocenters. The van der Waals surface area contributed by atoms with E-state index in [0.29, 0.717) is 17.1 Å². The molecule has 6 heteroatoms. The fourth-order valence-corrected chi connectivity index (χ4v) is 3.45. The van der Waals surface area contributed by atoms with Crippen LogP contribution in [-0.2, 0) is 0 Å². The molecule has 0 aliphatic heterocycles. The van der Waals surface area contributed by atoms with Crippen LogP contribution in [0.3, 0.4) is 0 Å². The van der Waals surface area contributed by atoms with Crippen molar-refractivity contribution in [3.8, 4) is 5.69 Å². The van der Waals surface area contributed by atoms with Gasteiger partial charge in [-0.3, -0.25) is 14.9 Å². The Kier molecular flexibility index (Phi) is 5.24. The number of rotatable bonds is 5. The van der Waals surface area contributed by atoms with E-state index < -0.39 is 0 Å². The molecule has 0 radical (unpaired) electrons. The van der Waals surface area contributed by atoms with Crippen molar-refractivity contribution in [3.05, 3.63) is 119 Å². The van der Waals surface area contributed by atoms with Crippen LogP contribution >= 0.6 is 0 Å². The predicted molar refractivity (Wildman–Crippen MR) is 128 cm³/mol. The van der Waals surface area contributed by atoms with Gasteiger partial charge in [0.1, 0.15) is 5.69 Å². The van der Waals surface area contributed by atoms with E-state index in [1.807, 2.05) is 103 Å². The molecule has 0 aliphatic carbocycles. The number of aromatic nitrogens is 2. The molecule has 0 saturated heterocycles. The molecule has 0 fully saturated rings. The Balaban J connectivity index is 1.61. The standard InChI is InChI=1S/C26H19N5O/c32-26-25(29-28-20-12-3-1-4-13-20)24(30-31(26)21-14-5-2-6-15-21)18-27-23-17-9-11-19-10-7-8-16-22(19)23/h1-18,30H. The number of benzene rings is 4. The van der Waals surface area contributed by atoms with Crippen LogP contribution in [0.15, 0.2) is 123 Å². The lowest BCUT2D eigenvalue weighted by Crippen LogP contribution is -2.13. The minimum Gasteiger partial charge on any atom is -0.287 e. The van der Waals surface area contributed by atoms with E-state index in [4.69, 9.17) is 0 Å². The van der Waals surface area contributed by atoms with Gasteiger partial charge in [-0.1, -0.05) is 72.8 Å². The maximum Gasteiger partial charge on any atom is 0.299 e. The summed E-state index contributed by atoms with van der Waals surface area (Å²) in [6.45, 7) is 0. The third kappa shape index (κ3) is 3.89. The van der Waals surface area contributed by atoms with E-state index in [1.165, 1.54) is 4.68 Å². The number of fused-ring (bicyclic) bond motifs is 1. The summed E-state index contributed by atoms with van der Waals surface area (Å²) in [6.07, 6.45) is 1.63. The van der Waals surface area contributed by atoms with Gasteiger partial charge in [-0.2, -0.15) is 5.11 Å². The van der Waals surface area contributed by atoms with Gasteiger partial charge in [0.2, 0.25) is 0 Å². The zero-order valence-electron chi connectivity index (χ0n) is 17.1. The molecule has 0 saturated carbocycles. The fourth-order valence-electron chi connectivity index (χ4n) is 3.45. The van der Waals surface area contributed by atoms with Crippen LogP contribution in [0.5, 0.6) is 0 Å². The number of nitrogens with one attached hydrogen (secondary N) is 1. The number of azo groups is 1. The Bertz CT molecular complexity index is 1480. The van der Waals surface area contributed by atoms with Crippen LogP contribution in [0.2, 0.25) is 0 Å². The van der Waals surface area contributed by atoms with Crippen molar-refractivity contribution >= 4 is 34.0 Å². The molecule has 0 bridgehead atoms. The van der Waals surface area contributed by atoms with E-state index in [-0.39, 0.29) is 11.2 Å². The first-order valence-corrected chi connectivity index (χ1v) is 10.2. The second kappa shape index (κ2) is 8.65. The van der Waals surface area contributed by atoms with E-state index in [2.05, 4.69) is 20.3 Å². The topological polar surface area (TPSA) is 74.9 Å². The van der Waals surface area contributed by atoms with Gasteiger partial charge in [0.15, 0.2) is 5.69 Å². The average molecular weight is 417 g/mol. The third-order valence-electron chi connectivity index (χ3n) is 5.03. The lowest BCUT2D eigenvalue weighted by atomic mass is 10.1. The van der Waals surface area contributed by atoms with Crippen LogP contribution in [0.1, 0.15) is 5.69 Å². The molecule has 1 N–H and O–H groups in total. The van der Waals surface area contributed by atoms with Crippen LogP contribution in [0.4, 0.5) is 17.1 Å². The summed E-state index contributed by atoms with van der Waals surface area (Å²) in [4.78, 5) is 17.8. The molecule has 32 heavy (non-hydrogen) atoms. The molecular weight excluding hydrogens is 398 g/mol. The normalized spacial score (nSPS) is 11.6. The van der Waals surface area contributed by atoms with Gasteiger partial charge in [0.05, 0.1) is 23.3 Å². The Morgan fingerprint density at radius 2 is 1.41 bits per heavy atom. The molecule has 5 rings (SSSR count). The number of hydrogen-bond acceptors (Lipinski definition) is 4. The summed E-state index contributed by atoms with van der Waals surface area (Å²) in [7, 11) is 0. The number of aromatic amines is 1. The number of aliphatic imine (C=N–C) groups is 1. The predicted octanol–water partition coefficient (Wildman–Crippen LogP) is 6.48. The van der Waals surface area contributed by atoms with Crippen molar-refractivity contribution in [2.24, 2.45) is 15.2 Å². The van der Waals surface area contributed by atoms with E-state index >= 15 is 0 Å². The maximum absolute atomic E-state index is 13.2. The first kappa shape index (κ1) is 19.4. The van der Waals surface area contributed by atoms with Gasteiger partial charge >= 0.3 is 0 Å². The molecule has 1 aromatic heterocycles. The molecular formula is C26H19N5O. The zero-order chi connectivity index (χ0) is 21.8. The van der Waals surface area contributed by atoms with Crippen molar-refractivity contribution in [3.63, 3.8) is 0 Å². The molecule has 0 aliphatic rings. The Morgan fingerprint density at radius 3 is 2.22 bits per heavy atom. The third-order valence-corrected chi connectivity index (χ3v) is 5.03. The first-order valence-electron chi connectivity index (χ1n) is 10.2. The van der Waals surface area contributed by atoms with Gasteiger partial charge in [0.25, 0.3) is 5.56 Å². The Morgan fingerprint density at radius 1 is 0.719 bits per heavy atom. The first-order chi connectivity index (χ1) is 15.8. The van der Waals surface area contributed by atoms with Crippen molar-refractivity contribution in [1.82, 2.24) is 9.78 Å². The monoisotopic (exact) mass is 417 g/mol. The Hall–Kier alpha value is -4.58. The second-order valence-electron chi connectivity index (χ2n) is 7.14. The van der Waals surface area contributed by atoms with E-state index in [1.54, 1.807) is 6.21 Å². The van der Waals surface area contributed by atoms with Crippen LogP contribution in [0, 0.1) is 0 Å². The van der Waals surface area contributed by atoms with Crippen molar-refractivity contribution in [2.75, 3.05) is 0 Å². The summed E-state index contributed by atoms with van der Waals surface area (Å²) >= 11 is 0. The molecule has 4 aromatic carbocycles. The highest BCUT2D eigenvalue weighted by atomic mass is 16.1. The zero-order valence-corrected chi connectivity index (χ0v) is 17.1. The van der Waals surface area contributed by atoms with E-state index in [9.17, 15) is 4.79 Å². The van der Waals surface area contributed by atoms with Gasteiger partial charge in [-0.05, 0) is 35.7 Å². The number of H-pyrrole nitrogens is 1. The van der Waals surface area contributed by atoms with Gasteiger partial charge < -0.3 is 0 Å². The highest BCUT2D eigenvalue weighted by Crippen LogP contribution is 2.26. The smallest absolute Gasteiger partial charge is 0.287 e. The van der Waals surface area contributed by atoms with Gasteiger partial charge in [-0.25, -0.2) is 4.68 Å². The molecule has 154 valence electrons. The van der Waals surface area contributed by atoms with Crippen molar-refractivity contribution < 1.29 is 0 Å². The second-order valence-corrected chi connectivity index (χ2v) is 7.14. The minimum atomic E-state index is -0.296. The van der Waals surface area contributed by atoms with Crippen molar-refractivity contribution in [2.45, 2.75) is 0 Å².